The van der Waals surface area contributed by atoms with Gasteiger partial charge in [-0.2, -0.15) is 4.40 Å². The van der Waals surface area contributed by atoms with Crippen LogP contribution in [0.25, 0.3) is 0 Å². The molecule has 2 aromatic rings. The molecule has 0 spiro atoms. The van der Waals surface area contributed by atoms with Crippen molar-refractivity contribution in [1.82, 2.24) is 0 Å². The second kappa shape index (κ2) is 10.1. The Morgan fingerprint density at radius 3 is 2.55 bits per heavy atom. The van der Waals surface area contributed by atoms with Crippen LogP contribution in [0.1, 0.15) is 49.2 Å². The van der Waals surface area contributed by atoms with E-state index in [0.29, 0.717) is 17.9 Å². The van der Waals surface area contributed by atoms with Crippen LogP contribution in [0, 0.1) is 6.92 Å². The molecule has 0 N–H and O–H groups in total. The fraction of sp³-hybridized carbons (Fsp3) is 0.364. The molecule has 0 aliphatic heterocycles. The predicted octanol–water partition coefficient (Wildman–Crippen LogP) is 5.21. The Bertz CT molecular complexity index is 933. The summed E-state index contributed by atoms with van der Waals surface area (Å²) in [6.45, 7) is 9.70. The summed E-state index contributed by atoms with van der Waals surface area (Å²) in [6, 6.07) is 11.1. The van der Waals surface area contributed by atoms with Gasteiger partial charge >= 0.3 is 5.97 Å². The normalized spacial score (nSPS) is 12.8. The van der Waals surface area contributed by atoms with E-state index >= 15 is 0 Å². The van der Waals surface area contributed by atoms with Crippen molar-refractivity contribution in [1.29, 1.82) is 0 Å². The number of esters is 1. The van der Waals surface area contributed by atoms with E-state index in [2.05, 4.69) is 4.40 Å². The molecule has 1 atom stereocenters. The number of nitrogens with zero attached hydrogens (tertiary/aromatic N) is 1. The number of aryl methyl sites for hydroxylation is 1. The summed E-state index contributed by atoms with van der Waals surface area (Å²) in [5, 5.41) is 0. The molecule has 0 aliphatic carbocycles. The van der Waals surface area contributed by atoms with Crippen molar-refractivity contribution >= 4 is 34.9 Å². The SMILES string of the molecule is CCOC(=O)c1ccccc1Sc1c(C)cc(OC)cc1C=NS(=O)C(C)(C)C. The van der Waals surface area contributed by atoms with E-state index in [-0.39, 0.29) is 5.97 Å². The molecule has 7 heteroatoms. The number of hydrogen-bond acceptors (Lipinski definition) is 5. The second-order valence-corrected chi connectivity index (χ2v) is 10.3. The molecule has 0 bridgehead atoms. The van der Waals surface area contributed by atoms with Crippen LogP contribution in [0.4, 0.5) is 0 Å². The Morgan fingerprint density at radius 2 is 1.93 bits per heavy atom. The molecule has 0 saturated carbocycles. The Kier molecular flexibility index (Phi) is 8.05. The highest BCUT2D eigenvalue weighted by atomic mass is 32.2. The van der Waals surface area contributed by atoms with Crippen LogP contribution < -0.4 is 4.74 Å². The van der Waals surface area contributed by atoms with Gasteiger partial charge in [0.15, 0.2) is 0 Å². The second-order valence-electron chi connectivity index (χ2n) is 7.28. The fourth-order valence-electron chi connectivity index (χ4n) is 2.43. The van der Waals surface area contributed by atoms with Gasteiger partial charge in [0.25, 0.3) is 0 Å². The van der Waals surface area contributed by atoms with Crippen LogP contribution >= 0.6 is 11.8 Å². The molecule has 0 radical (unpaired) electrons. The number of methoxy groups -OCH3 is 1. The highest BCUT2D eigenvalue weighted by molar-refractivity contribution is 7.99. The third-order valence-electron chi connectivity index (χ3n) is 3.92. The molecule has 0 saturated heterocycles. The van der Waals surface area contributed by atoms with E-state index < -0.39 is 15.7 Å². The van der Waals surface area contributed by atoms with Crippen molar-refractivity contribution in [3.8, 4) is 5.75 Å². The largest absolute Gasteiger partial charge is 0.497 e. The molecule has 29 heavy (non-hydrogen) atoms. The zero-order chi connectivity index (χ0) is 21.6. The molecule has 5 nitrogen and oxygen atoms in total. The zero-order valence-electron chi connectivity index (χ0n) is 17.6. The molecular formula is C22H27NO4S2. The maximum Gasteiger partial charge on any atom is 0.339 e. The highest BCUT2D eigenvalue weighted by Gasteiger charge is 2.19. The number of rotatable bonds is 7. The van der Waals surface area contributed by atoms with Crippen molar-refractivity contribution in [3.05, 3.63) is 53.1 Å². The standard InChI is InChI=1S/C22H27NO4S2/c1-7-27-21(24)18-10-8-9-11-19(18)28-20-15(2)12-17(26-6)13-16(20)14-23-29(25)22(3,4)5/h8-14H,7H2,1-6H3. The van der Waals surface area contributed by atoms with Gasteiger partial charge in [-0.3, -0.25) is 0 Å². The maximum absolute atomic E-state index is 12.4. The van der Waals surface area contributed by atoms with E-state index in [1.807, 2.05) is 58.0 Å². The summed E-state index contributed by atoms with van der Waals surface area (Å²) >= 11 is 1.45. The summed E-state index contributed by atoms with van der Waals surface area (Å²) < 4.78 is 26.8. The molecule has 2 aromatic carbocycles. The minimum atomic E-state index is -1.38. The van der Waals surface area contributed by atoms with Crippen LogP contribution in [0.15, 0.2) is 50.6 Å². The predicted molar refractivity (Wildman–Crippen MR) is 120 cm³/mol. The Labute approximate surface area is 179 Å². The topological polar surface area (TPSA) is 65.0 Å². The van der Waals surface area contributed by atoms with Crippen LogP contribution in [-0.2, 0) is 15.7 Å². The van der Waals surface area contributed by atoms with E-state index in [1.165, 1.54) is 11.8 Å². The van der Waals surface area contributed by atoms with Crippen molar-refractivity contribution < 1.29 is 18.5 Å². The van der Waals surface area contributed by atoms with E-state index in [9.17, 15) is 9.00 Å². The first-order valence-electron chi connectivity index (χ1n) is 9.26. The molecule has 0 aromatic heterocycles. The van der Waals surface area contributed by atoms with Gasteiger partial charge in [0.05, 0.1) is 24.0 Å². The Morgan fingerprint density at radius 1 is 1.24 bits per heavy atom. The number of hydrogen-bond donors (Lipinski definition) is 0. The lowest BCUT2D eigenvalue weighted by atomic mass is 10.1. The molecule has 0 fully saturated rings. The van der Waals surface area contributed by atoms with Crippen molar-refractivity contribution in [2.45, 2.75) is 49.2 Å². The smallest absolute Gasteiger partial charge is 0.339 e. The Hall–Kier alpha value is -2.12. The minimum absolute atomic E-state index is 0.315. The number of carbonyl (C=O) groups excluding carboxylic acids is 1. The molecule has 0 amide bonds. The lowest BCUT2D eigenvalue weighted by Crippen LogP contribution is -2.19. The summed E-state index contributed by atoms with van der Waals surface area (Å²) in [4.78, 5) is 14.0. The van der Waals surface area contributed by atoms with Crippen molar-refractivity contribution in [2.75, 3.05) is 13.7 Å². The van der Waals surface area contributed by atoms with E-state index in [1.54, 1.807) is 26.3 Å². The van der Waals surface area contributed by atoms with Gasteiger partial charge in [-0.1, -0.05) is 23.9 Å². The van der Waals surface area contributed by atoms with Crippen LogP contribution in [0.2, 0.25) is 0 Å². The first kappa shape index (κ1) is 23.2. The summed E-state index contributed by atoms with van der Waals surface area (Å²) in [7, 11) is 0.226. The summed E-state index contributed by atoms with van der Waals surface area (Å²) in [5.74, 6) is 0.333. The van der Waals surface area contributed by atoms with Crippen LogP contribution in [-0.4, -0.2) is 34.9 Å². The monoisotopic (exact) mass is 433 g/mol. The van der Waals surface area contributed by atoms with Gasteiger partial charge < -0.3 is 9.47 Å². The number of carbonyl (C=O) groups is 1. The highest BCUT2D eigenvalue weighted by Crippen LogP contribution is 2.37. The summed E-state index contributed by atoms with van der Waals surface area (Å²) in [5.41, 5.74) is 2.26. The van der Waals surface area contributed by atoms with Gasteiger partial charge in [-0.15, -0.1) is 0 Å². The fourth-order valence-corrected chi connectivity index (χ4v) is 4.03. The lowest BCUT2D eigenvalue weighted by Gasteiger charge is -2.15. The average Bonchev–Trinajstić information content (AvgIpc) is 2.67. The van der Waals surface area contributed by atoms with Gasteiger partial charge in [0, 0.05) is 21.6 Å². The van der Waals surface area contributed by atoms with E-state index in [0.717, 1.165) is 20.9 Å². The minimum Gasteiger partial charge on any atom is -0.497 e. The molecular weight excluding hydrogens is 406 g/mol. The molecule has 2 rings (SSSR count). The molecule has 0 aliphatic rings. The molecule has 156 valence electrons. The molecule has 0 heterocycles. The third kappa shape index (κ3) is 6.18. The van der Waals surface area contributed by atoms with Gasteiger partial charge in [-0.25, -0.2) is 9.00 Å². The average molecular weight is 434 g/mol. The summed E-state index contributed by atoms with van der Waals surface area (Å²) in [6.07, 6.45) is 1.62. The molecule has 1 unspecified atom stereocenters. The quantitative estimate of drug-likeness (QED) is 0.443. The van der Waals surface area contributed by atoms with Gasteiger partial charge in [0.1, 0.15) is 16.7 Å². The van der Waals surface area contributed by atoms with Gasteiger partial charge in [-0.05, 0) is 64.4 Å². The first-order chi connectivity index (χ1) is 13.7. The number of benzene rings is 2. The van der Waals surface area contributed by atoms with Crippen LogP contribution in [0.5, 0.6) is 5.75 Å². The lowest BCUT2D eigenvalue weighted by molar-refractivity contribution is 0.0522. The third-order valence-corrected chi connectivity index (χ3v) is 6.60. The van der Waals surface area contributed by atoms with Crippen molar-refractivity contribution in [3.63, 3.8) is 0 Å². The zero-order valence-corrected chi connectivity index (χ0v) is 19.3. The Balaban J connectivity index is 2.50. The number of ether oxygens (including phenoxy) is 2. The maximum atomic E-state index is 12.4. The van der Waals surface area contributed by atoms with Crippen LogP contribution in [0.3, 0.4) is 0 Å². The first-order valence-corrected chi connectivity index (χ1v) is 11.2. The van der Waals surface area contributed by atoms with E-state index in [4.69, 9.17) is 9.47 Å². The van der Waals surface area contributed by atoms with Gasteiger partial charge in [0.2, 0.25) is 0 Å². The van der Waals surface area contributed by atoms with Crippen molar-refractivity contribution in [2.24, 2.45) is 4.40 Å².